The third-order valence-corrected chi connectivity index (χ3v) is 3.51. The fourth-order valence-corrected chi connectivity index (χ4v) is 2.23. The molecule has 7 heteroatoms. The van der Waals surface area contributed by atoms with E-state index in [1.165, 1.54) is 24.3 Å². The molecule has 22 heavy (non-hydrogen) atoms. The fourth-order valence-electron chi connectivity index (χ4n) is 2.23. The quantitative estimate of drug-likeness (QED) is 0.863. The van der Waals surface area contributed by atoms with E-state index in [2.05, 4.69) is 0 Å². The second-order valence-corrected chi connectivity index (χ2v) is 5.24. The zero-order valence-electron chi connectivity index (χ0n) is 12.5. The molecule has 0 bridgehead atoms. The first kappa shape index (κ1) is 16.2. The molecule has 0 radical (unpaired) electrons. The second-order valence-electron chi connectivity index (χ2n) is 5.24. The predicted octanol–water partition coefficient (Wildman–Crippen LogP) is 0.223. The van der Waals surface area contributed by atoms with Crippen molar-refractivity contribution in [2.75, 3.05) is 32.8 Å². The van der Waals surface area contributed by atoms with E-state index in [4.69, 9.17) is 10.5 Å². The number of nitrogens with zero attached hydrogens (tertiary/aromatic N) is 2. The Labute approximate surface area is 128 Å². The van der Waals surface area contributed by atoms with Gasteiger partial charge in [-0.25, -0.2) is 4.39 Å². The molecule has 1 heterocycles. The number of hydrogen-bond acceptors (Lipinski definition) is 4. The maximum absolute atomic E-state index is 12.8. The molecule has 2 N–H and O–H groups in total. The lowest BCUT2D eigenvalue weighted by atomic mass is 10.2. The van der Waals surface area contributed by atoms with E-state index in [-0.39, 0.29) is 24.2 Å². The number of rotatable bonds is 4. The van der Waals surface area contributed by atoms with Crippen LogP contribution < -0.4 is 10.5 Å². The number of piperazine rings is 1. The molecule has 1 aromatic carbocycles. The lowest BCUT2D eigenvalue weighted by Gasteiger charge is -2.35. The lowest BCUT2D eigenvalue weighted by molar-refractivity contribution is -0.141. The Morgan fingerprint density at radius 2 is 1.73 bits per heavy atom. The van der Waals surface area contributed by atoms with Crippen molar-refractivity contribution in [3.05, 3.63) is 30.1 Å². The van der Waals surface area contributed by atoms with Gasteiger partial charge in [-0.3, -0.25) is 9.59 Å². The van der Waals surface area contributed by atoms with Crippen molar-refractivity contribution in [1.82, 2.24) is 9.80 Å². The molecule has 6 nitrogen and oxygen atoms in total. The van der Waals surface area contributed by atoms with E-state index in [9.17, 15) is 14.0 Å². The van der Waals surface area contributed by atoms with Gasteiger partial charge in [0.25, 0.3) is 5.91 Å². The summed E-state index contributed by atoms with van der Waals surface area (Å²) in [7, 11) is 0. The maximum atomic E-state index is 12.8. The van der Waals surface area contributed by atoms with Crippen LogP contribution >= 0.6 is 0 Å². The topological polar surface area (TPSA) is 75.9 Å². The van der Waals surface area contributed by atoms with Crippen molar-refractivity contribution >= 4 is 11.8 Å². The lowest BCUT2D eigenvalue weighted by Crippen LogP contribution is -2.54. The summed E-state index contributed by atoms with van der Waals surface area (Å²) in [6.07, 6.45) is 0. The molecule has 1 aliphatic rings. The monoisotopic (exact) mass is 309 g/mol. The zero-order valence-corrected chi connectivity index (χ0v) is 12.5. The zero-order chi connectivity index (χ0) is 16.1. The molecule has 1 aromatic rings. The molecule has 0 saturated carbocycles. The van der Waals surface area contributed by atoms with Crippen molar-refractivity contribution < 1.29 is 18.7 Å². The highest BCUT2D eigenvalue weighted by Crippen LogP contribution is 2.11. The predicted molar refractivity (Wildman–Crippen MR) is 78.7 cm³/mol. The molecule has 2 rings (SSSR count). The normalized spacial score (nSPS) is 16.3. The van der Waals surface area contributed by atoms with Crippen molar-refractivity contribution in [3.63, 3.8) is 0 Å². The van der Waals surface area contributed by atoms with Crippen LogP contribution in [0, 0.1) is 5.82 Å². The summed E-state index contributed by atoms with van der Waals surface area (Å²) in [5.74, 6) is -0.166. The van der Waals surface area contributed by atoms with E-state index in [1.54, 1.807) is 16.7 Å². The Kier molecular flexibility index (Phi) is 5.32. The molecule has 2 amide bonds. The first-order chi connectivity index (χ1) is 10.5. The SMILES string of the molecule is C[C@@H](N)C(=O)N1CCN(C(=O)COc2ccc(F)cc2)CC1. The van der Waals surface area contributed by atoms with Crippen molar-refractivity contribution in [2.24, 2.45) is 5.73 Å². The molecule has 1 saturated heterocycles. The summed E-state index contributed by atoms with van der Waals surface area (Å²) < 4.78 is 18.1. The third-order valence-electron chi connectivity index (χ3n) is 3.51. The standard InChI is InChI=1S/C15H20FN3O3/c1-11(17)15(21)19-8-6-18(7-9-19)14(20)10-22-13-4-2-12(16)3-5-13/h2-5,11H,6-10,17H2,1H3/t11-/m1/s1. The van der Waals surface area contributed by atoms with Gasteiger partial charge in [0.15, 0.2) is 6.61 Å². The number of nitrogens with two attached hydrogens (primary N) is 1. The van der Waals surface area contributed by atoms with Gasteiger partial charge in [0.1, 0.15) is 11.6 Å². The minimum absolute atomic E-state index is 0.102. The minimum atomic E-state index is -0.524. The van der Waals surface area contributed by atoms with Gasteiger partial charge < -0.3 is 20.3 Å². The van der Waals surface area contributed by atoms with Gasteiger partial charge in [-0.1, -0.05) is 0 Å². The summed E-state index contributed by atoms with van der Waals surface area (Å²) >= 11 is 0. The Hall–Kier alpha value is -2.15. The van der Waals surface area contributed by atoms with Crippen LogP contribution in [-0.4, -0.2) is 60.4 Å². The molecule has 0 aromatic heterocycles. The Morgan fingerprint density at radius 1 is 1.18 bits per heavy atom. The third kappa shape index (κ3) is 4.17. The van der Waals surface area contributed by atoms with Crippen molar-refractivity contribution in [3.8, 4) is 5.75 Å². The average Bonchev–Trinajstić information content (AvgIpc) is 2.53. The van der Waals surface area contributed by atoms with Crippen LogP contribution in [0.5, 0.6) is 5.75 Å². The van der Waals surface area contributed by atoms with Gasteiger partial charge in [0, 0.05) is 26.2 Å². The summed E-state index contributed by atoms with van der Waals surface area (Å²) in [5, 5.41) is 0. The Morgan fingerprint density at radius 3 is 2.27 bits per heavy atom. The van der Waals surface area contributed by atoms with Crippen LogP contribution in [0.15, 0.2) is 24.3 Å². The summed E-state index contributed by atoms with van der Waals surface area (Å²) in [5.41, 5.74) is 5.57. The van der Waals surface area contributed by atoms with E-state index in [0.29, 0.717) is 31.9 Å². The van der Waals surface area contributed by atoms with E-state index in [1.807, 2.05) is 0 Å². The van der Waals surface area contributed by atoms with Crippen LogP contribution in [0.4, 0.5) is 4.39 Å². The average molecular weight is 309 g/mol. The molecule has 0 aliphatic carbocycles. The Balaban J connectivity index is 1.77. The van der Waals surface area contributed by atoms with Gasteiger partial charge in [-0.05, 0) is 31.2 Å². The molecular weight excluding hydrogens is 289 g/mol. The molecule has 120 valence electrons. The number of carbonyl (C=O) groups is 2. The summed E-state index contributed by atoms with van der Waals surface area (Å²) in [6.45, 7) is 3.42. The molecule has 1 fully saturated rings. The molecule has 0 unspecified atom stereocenters. The second kappa shape index (κ2) is 7.22. The maximum Gasteiger partial charge on any atom is 0.260 e. The van der Waals surface area contributed by atoms with Gasteiger partial charge in [0.05, 0.1) is 6.04 Å². The summed E-state index contributed by atoms with van der Waals surface area (Å²) in [6, 6.07) is 4.98. The summed E-state index contributed by atoms with van der Waals surface area (Å²) in [4.78, 5) is 27.1. The fraction of sp³-hybridized carbons (Fsp3) is 0.467. The van der Waals surface area contributed by atoms with E-state index in [0.717, 1.165) is 0 Å². The molecule has 1 atom stereocenters. The number of amides is 2. The van der Waals surface area contributed by atoms with Gasteiger partial charge in [0.2, 0.25) is 5.91 Å². The van der Waals surface area contributed by atoms with Crippen LogP contribution in [0.25, 0.3) is 0 Å². The minimum Gasteiger partial charge on any atom is -0.484 e. The van der Waals surface area contributed by atoms with Crippen LogP contribution in [0.1, 0.15) is 6.92 Å². The van der Waals surface area contributed by atoms with Crippen molar-refractivity contribution in [2.45, 2.75) is 13.0 Å². The van der Waals surface area contributed by atoms with E-state index < -0.39 is 6.04 Å². The van der Waals surface area contributed by atoms with E-state index >= 15 is 0 Å². The van der Waals surface area contributed by atoms with Gasteiger partial charge in [-0.15, -0.1) is 0 Å². The van der Waals surface area contributed by atoms with Gasteiger partial charge in [-0.2, -0.15) is 0 Å². The highest BCUT2D eigenvalue weighted by Gasteiger charge is 2.25. The smallest absolute Gasteiger partial charge is 0.260 e. The Bertz CT molecular complexity index is 525. The van der Waals surface area contributed by atoms with Gasteiger partial charge >= 0.3 is 0 Å². The van der Waals surface area contributed by atoms with Crippen LogP contribution in [-0.2, 0) is 9.59 Å². The van der Waals surface area contributed by atoms with Crippen LogP contribution in [0.2, 0.25) is 0 Å². The number of ether oxygens (including phenoxy) is 1. The highest BCUT2D eigenvalue weighted by atomic mass is 19.1. The molecule has 1 aliphatic heterocycles. The highest BCUT2D eigenvalue weighted by molar-refractivity contribution is 5.82. The number of benzene rings is 1. The number of hydrogen-bond donors (Lipinski definition) is 1. The number of halogens is 1. The number of carbonyl (C=O) groups excluding carboxylic acids is 2. The molecular formula is C15H20FN3O3. The molecule has 0 spiro atoms. The first-order valence-corrected chi connectivity index (χ1v) is 7.18. The largest absolute Gasteiger partial charge is 0.484 e. The van der Waals surface area contributed by atoms with Crippen LogP contribution in [0.3, 0.4) is 0 Å². The first-order valence-electron chi connectivity index (χ1n) is 7.18. The van der Waals surface area contributed by atoms with Crippen molar-refractivity contribution in [1.29, 1.82) is 0 Å².